The lowest BCUT2D eigenvalue weighted by Gasteiger charge is -2.33. The molecule has 4 heteroatoms. The van der Waals surface area contributed by atoms with Crippen LogP contribution in [-0.4, -0.2) is 11.4 Å². The summed E-state index contributed by atoms with van der Waals surface area (Å²) in [5.41, 5.74) is 0.361. The normalized spacial score (nSPS) is 23.5. The van der Waals surface area contributed by atoms with E-state index >= 15 is 0 Å². The van der Waals surface area contributed by atoms with Crippen LogP contribution in [0, 0.1) is 11.7 Å². The number of hydrogen-bond acceptors (Lipinski definition) is 1. The van der Waals surface area contributed by atoms with E-state index in [0.29, 0.717) is 18.4 Å². The van der Waals surface area contributed by atoms with E-state index in [-0.39, 0.29) is 23.2 Å². The minimum Gasteiger partial charge on any atom is -0.350 e. The van der Waals surface area contributed by atoms with Crippen molar-refractivity contribution in [2.45, 2.75) is 38.6 Å². The van der Waals surface area contributed by atoms with Crippen LogP contribution < -0.4 is 5.32 Å². The molecule has 2 nitrogen and oxygen atoms in total. The molecule has 0 aliphatic carbocycles. The molecule has 1 saturated heterocycles. The van der Waals surface area contributed by atoms with Crippen molar-refractivity contribution < 1.29 is 9.18 Å². The molecule has 0 spiro atoms. The third-order valence-electron chi connectivity index (χ3n) is 3.81. The van der Waals surface area contributed by atoms with Crippen LogP contribution in [0.25, 0.3) is 0 Å². The first-order valence-electron chi connectivity index (χ1n) is 6.18. The summed E-state index contributed by atoms with van der Waals surface area (Å²) < 4.78 is 14.6. The number of rotatable bonds is 3. The van der Waals surface area contributed by atoms with Gasteiger partial charge in [-0.1, -0.05) is 35.8 Å². The summed E-state index contributed by atoms with van der Waals surface area (Å²) in [6.07, 6.45) is 1.87. The van der Waals surface area contributed by atoms with Gasteiger partial charge in [0.25, 0.3) is 0 Å². The van der Waals surface area contributed by atoms with Crippen molar-refractivity contribution >= 4 is 21.8 Å². The first-order valence-corrected chi connectivity index (χ1v) is 6.97. The monoisotopic (exact) mass is 313 g/mol. The summed E-state index contributed by atoms with van der Waals surface area (Å²) in [5, 5.41) is 3.04. The molecule has 98 valence electrons. The van der Waals surface area contributed by atoms with Gasteiger partial charge < -0.3 is 5.32 Å². The molecular formula is C14H17BrFNO. The lowest BCUT2D eigenvalue weighted by Crippen LogP contribution is -2.48. The van der Waals surface area contributed by atoms with Crippen molar-refractivity contribution in [3.8, 4) is 0 Å². The summed E-state index contributed by atoms with van der Waals surface area (Å²) >= 11 is 3.25. The second-order valence-electron chi connectivity index (χ2n) is 5.27. The zero-order chi connectivity index (χ0) is 13.3. The Hall–Kier alpha value is -0.900. The van der Waals surface area contributed by atoms with Gasteiger partial charge in [0, 0.05) is 16.4 Å². The predicted octanol–water partition coefficient (Wildman–Crippen LogP) is 3.44. The van der Waals surface area contributed by atoms with Crippen molar-refractivity contribution in [2.24, 2.45) is 5.92 Å². The second kappa shape index (κ2) is 5.00. The van der Waals surface area contributed by atoms with Gasteiger partial charge in [0.05, 0.1) is 0 Å². The molecule has 1 aromatic rings. The third-order valence-corrected chi connectivity index (χ3v) is 4.31. The topological polar surface area (TPSA) is 29.1 Å². The van der Waals surface area contributed by atoms with Crippen LogP contribution in [-0.2, 0) is 11.2 Å². The fraction of sp³-hybridized carbons (Fsp3) is 0.500. The predicted molar refractivity (Wildman–Crippen MR) is 72.7 cm³/mol. The maximum absolute atomic E-state index is 13.9. The highest BCUT2D eigenvalue weighted by atomic mass is 79.9. The van der Waals surface area contributed by atoms with Gasteiger partial charge in [-0.3, -0.25) is 4.79 Å². The van der Waals surface area contributed by atoms with Crippen molar-refractivity contribution in [1.29, 1.82) is 0 Å². The van der Waals surface area contributed by atoms with Crippen molar-refractivity contribution in [3.05, 3.63) is 34.1 Å². The van der Waals surface area contributed by atoms with Crippen LogP contribution in [0.3, 0.4) is 0 Å². The average molecular weight is 314 g/mol. The fourth-order valence-electron chi connectivity index (χ4n) is 2.51. The highest BCUT2D eigenvalue weighted by Crippen LogP contribution is 2.33. The summed E-state index contributed by atoms with van der Waals surface area (Å²) in [5.74, 6) is 0.138. The number of halogens is 2. The Kier molecular flexibility index (Phi) is 3.76. The first-order chi connectivity index (χ1) is 8.43. The van der Waals surface area contributed by atoms with E-state index in [2.05, 4.69) is 35.1 Å². The molecule has 1 aromatic carbocycles. The van der Waals surface area contributed by atoms with Gasteiger partial charge in [0.2, 0.25) is 5.91 Å². The molecule has 1 amide bonds. The molecule has 18 heavy (non-hydrogen) atoms. The van der Waals surface area contributed by atoms with Gasteiger partial charge in [-0.15, -0.1) is 0 Å². The Morgan fingerprint density at radius 2 is 2.22 bits per heavy atom. The maximum Gasteiger partial charge on any atom is 0.220 e. The van der Waals surface area contributed by atoms with Crippen LogP contribution in [0.15, 0.2) is 22.7 Å². The molecule has 0 radical (unpaired) electrons. The molecule has 1 aliphatic heterocycles. The third kappa shape index (κ3) is 2.58. The minimum absolute atomic E-state index is 0.0706. The van der Waals surface area contributed by atoms with Crippen molar-refractivity contribution in [2.75, 3.05) is 0 Å². The number of carbonyl (C=O) groups is 1. The lowest BCUT2D eigenvalue weighted by atomic mass is 9.79. The molecule has 0 bridgehead atoms. The molecule has 1 N–H and O–H groups in total. The molecule has 1 unspecified atom stereocenters. The standard InChI is InChI=1S/C14H17BrFNO/c1-9(2)14(6-5-13(18)17-14)8-10-3-4-11(15)7-12(10)16/h3-4,7,9H,5-6,8H2,1-2H3,(H,17,18). The van der Waals surface area contributed by atoms with E-state index in [1.54, 1.807) is 6.07 Å². The molecule has 1 heterocycles. The van der Waals surface area contributed by atoms with Gasteiger partial charge >= 0.3 is 0 Å². The fourth-order valence-corrected chi connectivity index (χ4v) is 2.85. The quantitative estimate of drug-likeness (QED) is 0.910. The second-order valence-corrected chi connectivity index (χ2v) is 6.19. The van der Waals surface area contributed by atoms with Gasteiger partial charge in [0.1, 0.15) is 5.82 Å². The molecule has 0 saturated carbocycles. The van der Waals surface area contributed by atoms with E-state index in [0.717, 1.165) is 10.9 Å². The Labute approximate surface area is 115 Å². The zero-order valence-electron chi connectivity index (χ0n) is 10.6. The molecule has 1 aliphatic rings. The Bertz CT molecular complexity index is 475. The van der Waals surface area contributed by atoms with Crippen LogP contribution in [0.1, 0.15) is 32.3 Å². The molecular weight excluding hydrogens is 297 g/mol. The van der Waals surface area contributed by atoms with Crippen LogP contribution in [0.4, 0.5) is 4.39 Å². The zero-order valence-corrected chi connectivity index (χ0v) is 12.2. The van der Waals surface area contributed by atoms with Gasteiger partial charge in [-0.05, 0) is 36.5 Å². The highest BCUT2D eigenvalue weighted by Gasteiger charge is 2.40. The van der Waals surface area contributed by atoms with E-state index in [1.807, 2.05) is 6.07 Å². The summed E-state index contributed by atoms with van der Waals surface area (Å²) in [7, 11) is 0. The number of hydrogen-bond donors (Lipinski definition) is 1. The number of benzene rings is 1. The van der Waals surface area contributed by atoms with Crippen LogP contribution in [0.5, 0.6) is 0 Å². The van der Waals surface area contributed by atoms with Gasteiger partial charge in [-0.2, -0.15) is 0 Å². The molecule has 1 fully saturated rings. The van der Waals surface area contributed by atoms with Crippen LogP contribution in [0.2, 0.25) is 0 Å². The van der Waals surface area contributed by atoms with E-state index in [1.165, 1.54) is 6.07 Å². The number of amides is 1. The number of nitrogens with one attached hydrogen (secondary N) is 1. The minimum atomic E-state index is -0.300. The first kappa shape index (κ1) is 13.5. The van der Waals surface area contributed by atoms with Crippen LogP contribution >= 0.6 is 15.9 Å². The Morgan fingerprint density at radius 3 is 2.72 bits per heavy atom. The molecule has 0 aromatic heterocycles. The maximum atomic E-state index is 13.9. The Morgan fingerprint density at radius 1 is 1.50 bits per heavy atom. The van der Waals surface area contributed by atoms with Gasteiger partial charge in [0.15, 0.2) is 0 Å². The molecule has 1 atom stereocenters. The SMILES string of the molecule is CC(C)C1(Cc2ccc(Br)cc2F)CCC(=O)N1. The lowest BCUT2D eigenvalue weighted by molar-refractivity contribution is -0.120. The van der Waals surface area contributed by atoms with Crippen molar-refractivity contribution in [3.63, 3.8) is 0 Å². The van der Waals surface area contributed by atoms with Crippen molar-refractivity contribution in [1.82, 2.24) is 5.32 Å². The smallest absolute Gasteiger partial charge is 0.220 e. The highest BCUT2D eigenvalue weighted by molar-refractivity contribution is 9.10. The summed E-state index contributed by atoms with van der Waals surface area (Å²) in [6, 6.07) is 5.09. The van der Waals surface area contributed by atoms with E-state index < -0.39 is 0 Å². The average Bonchev–Trinajstić information content (AvgIpc) is 2.66. The van der Waals surface area contributed by atoms with E-state index in [4.69, 9.17) is 0 Å². The summed E-state index contributed by atoms with van der Waals surface area (Å²) in [6.45, 7) is 4.14. The summed E-state index contributed by atoms with van der Waals surface area (Å²) in [4.78, 5) is 11.5. The number of carbonyl (C=O) groups excluding carboxylic acids is 1. The molecule has 2 rings (SSSR count). The largest absolute Gasteiger partial charge is 0.350 e. The van der Waals surface area contributed by atoms with E-state index in [9.17, 15) is 9.18 Å². The Balaban J connectivity index is 2.27. The van der Waals surface area contributed by atoms with Gasteiger partial charge in [-0.25, -0.2) is 4.39 Å².